The average Bonchev–Trinajstić information content (AvgIpc) is 3.28. The van der Waals surface area contributed by atoms with Crippen molar-refractivity contribution in [1.29, 1.82) is 0 Å². The number of nitrogens with zero attached hydrogens (tertiary/aromatic N) is 1. The van der Waals surface area contributed by atoms with Gasteiger partial charge in [0, 0.05) is 35.8 Å². The zero-order valence-corrected chi connectivity index (χ0v) is 20.6. The first kappa shape index (κ1) is 27.1. The summed E-state index contributed by atoms with van der Waals surface area (Å²) < 4.78 is 5.80. The number of carbonyl (C=O) groups excluding carboxylic acids is 2. The number of rotatable bonds is 10. The molecule has 1 aliphatic rings. The van der Waals surface area contributed by atoms with E-state index in [0.29, 0.717) is 24.5 Å². The molecule has 2 N–H and O–H groups in total. The molecule has 33 heavy (non-hydrogen) atoms. The van der Waals surface area contributed by atoms with Crippen molar-refractivity contribution >= 4 is 58.9 Å². The number of thiophene rings is 1. The summed E-state index contributed by atoms with van der Waals surface area (Å²) in [6.45, 7) is 2.21. The van der Waals surface area contributed by atoms with Crippen LogP contribution in [0.25, 0.3) is 5.57 Å². The van der Waals surface area contributed by atoms with Crippen LogP contribution in [0.2, 0.25) is 0 Å². The fraction of sp³-hybridized carbons (Fsp3) is 0.391. The summed E-state index contributed by atoms with van der Waals surface area (Å²) in [7, 11) is 0. The van der Waals surface area contributed by atoms with Crippen LogP contribution >= 0.6 is 35.5 Å². The third kappa shape index (κ3) is 7.71. The van der Waals surface area contributed by atoms with Gasteiger partial charge in [-0.15, -0.1) is 35.5 Å². The van der Waals surface area contributed by atoms with Crippen LogP contribution < -0.4 is 5.32 Å². The molecule has 3 rings (SSSR count). The lowest BCUT2D eigenvalue weighted by Crippen LogP contribution is -2.52. The van der Waals surface area contributed by atoms with Crippen LogP contribution in [0.5, 0.6) is 0 Å². The highest BCUT2D eigenvalue weighted by molar-refractivity contribution is 7.99. The Hall–Kier alpha value is -2.13. The molecule has 178 valence electrons. The molecule has 1 aliphatic heterocycles. The van der Waals surface area contributed by atoms with Gasteiger partial charge in [0.2, 0.25) is 5.91 Å². The highest BCUT2D eigenvalue weighted by atomic mass is 35.5. The Bertz CT molecular complexity index is 951. The second-order valence-electron chi connectivity index (χ2n) is 7.26. The molecule has 7 nitrogen and oxygen atoms in total. The van der Waals surface area contributed by atoms with Gasteiger partial charge in [-0.25, -0.2) is 4.79 Å². The van der Waals surface area contributed by atoms with Crippen LogP contribution in [0.3, 0.4) is 0 Å². The third-order valence-corrected chi connectivity index (χ3v) is 7.50. The maximum Gasteiger partial charge on any atom is 0.323 e. The Morgan fingerprint density at radius 3 is 2.67 bits per heavy atom. The first-order valence-corrected chi connectivity index (χ1v) is 12.3. The number of halogens is 1. The molecular formula is C23H27ClN2O5S2. The number of carbonyl (C=O) groups is 2. The topological polar surface area (TPSA) is 95.9 Å². The molecule has 1 amide bonds. The average molecular weight is 511 g/mol. The summed E-state index contributed by atoms with van der Waals surface area (Å²) in [5.74, 6) is 1.13. The molecule has 0 spiro atoms. The van der Waals surface area contributed by atoms with E-state index in [0.717, 1.165) is 10.4 Å². The van der Waals surface area contributed by atoms with E-state index in [4.69, 9.17) is 4.74 Å². The fourth-order valence-corrected chi connectivity index (χ4v) is 5.81. The van der Waals surface area contributed by atoms with Gasteiger partial charge < -0.3 is 14.7 Å². The van der Waals surface area contributed by atoms with E-state index in [2.05, 4.69) is 5.32 Å². The molecule has 10 heteroatoms. The van der Waals surface area contributed by atoms with E-state index in [9.17, 15) is 19.5 Å². The molecule has 1 aromatic carbocycles. The number of benzene rings is 1. The Balaban J connectivity index is 0.00000385. The van der Waals surface area contributed by atoms with Gasteiger partial charge in [-0.2, -0.15) is 0 Å². The number of amides is 1. The quantitative estimate of drug-likeness (QED) is 0.373. The number of hydrogen-bond acceptors (Lipinski definition) is 7. The second-order valence-corrected chi connectivity index (χ2v) is 9.48. The number of thioether (sulfide) groups is 1. The monoisotopic (exact) mass is 510 g/mol. The summed E-state index contributed by atoms with van der Waals surface area (Å²) in [5, 5.41) is 14.5. The van der Waals surface area contributed by atoms with Crippen molar-refractivity contribution < 1.29 is 24.2 Å². The molecule has 0 radical (unpaired) electrons. The molecule has 0 bridgehead atoms. The van der Waals surface area contributed by atoms with E-state index >= 15 is 0 Å². The molecule has 1 aromatic heterocycles. The van der Waals surface area contributed by atoms with Gasteiger partial charge in [0.25, 0.3) is 0 Å². The van der Waals surface area contributed by atoms with Gasteiger partial charge >= 0.3 is 5.97 Å². The SMILES string of the molecule is CCO[C@@H](CC(=C=O)c1ccccc1)N[C@H]1CS[C@H](c2cccs2)CN(CC(=O)O)C1=O.Cl. The van der Waals surface area contributed by atoms with E-state index in [1.807, 2.05) is 60.7 Å². The van der Waals surface area contributed by atoms with E-state index in [-0.39, 0.29) is 36.5 Å². The van der Waals surface area contributed by atoms with Gasteiger partial charge in [-0.3, -0.25) is 14.9 Å². The van der Waals surface area contributed by atoms with Crippen LogP contribution in [0.4, 0.5) is 0 Å². The van der Waals surface area contributed by atoms with Gasteiger partial charge in [0.1, 0.15) is 18.7 Å². The number of carboxylic acid groups (broad SMARTS) is 1. The first-order chi connectivity index (χ1) is 15.5. The smallest absolute Gasteiger partial charge is 0.323 e. The van der Waals surface area contributed by atoms with Crippen molar-refractivity contribution in [3.63, 3.8) is 0 Å². The van der Waals surface area contributed by atoms with Crippen molar-refractivity contribution in [2.75, 3.05) is 25.4 Å². The fourth-order valence-electron chi connectivity index (χ4n) is 3.55. The first-order valence-electron chi connectivity index (χ1n) is 10.3. The van der Waals surface area contributed by atoms with Gasteiger partial charge in [0.05, 0.1) is 11.3 Å². The Kier molecular flexibility index (Phi) is 11.1. The second kappa shape index (κ2) is 13.5. The number of aliphatic carboxylic acids is 1. The lowest BCUT2D eigenvalue weighted by atomic mass is 10.0. The largest absolute Gasteiger partial charge is 0.480 e. The van der Waals surface area contributed by atoms with Crippen LogP contribution in [0, 0.1) is 0 Å². The summed E-state index contributed by atoms with van der Waals surface area (Å²) in [4.78, 5) is 38.7. The highest BCUT2D eigenvalue weighted by Gasteiger charge is 2.34. The van der Waals surface area contributed by atoms with Gasteiger partial charge in [0.15, 0.2) is 0 Å². The minimum absolute atomic E-state index is 0. The van der Waals surface area contributed by atoms with Crippen LogP contribution in [-0.4, -0.2) is 65.5 Å². The Morgan fingerprint density at radius 1 is 1.30 bits per heavy atom. The van der Waals surface area contributed by atoms with Crippen molar-refractivity contribution in [2.45, 2.75) is 30.9 Å². The van der Waals surface area contributed by atoms with Crippen molar-refractivity contribution in [3.8, 4) is 0 Å². The van der Waals surface area contributed by atoms with E-state index in [1.165, 1.54) is 4.90 Å². The van der Waals surface area contributed by atoms with Crippen LogP contribution in [0.15, 0.2) is 47.8 Å². The number of nitrogens with one attached hydrogen (secondary N) is 1. The van der Waals surface area contributed by atoms with Crippen LogP contribution in [-0.2, 0) is 19.1 Å². The van der Waals surface area contributed by atoms with Crippen molar-refractivity contribution in [1.82, 2.24) is 10.2 Å². The summed E-state index contributed by atoms with van der Waals surface area (Å²) >= 11 is 3.21. The molecule has 0 unspecified atom stereocenters. The Labute approximate surface area is 207 Å². The molecule has 2 aromatic rings. The summed E-state index contributed by atoms with van der Waals surface area (Å²) in [6, 6.07) is 12.5. The normalized spacial score (nSPS) is 19.2. The molecular weight excluding hydrogens is 484 g/mol. The Morgan fingerprint density at radius 2 is 2.06 bits per heavy atom. The van der Waals surface area contributed by atoms with E-state index in [1.54, 1.807) is 23.1 Å². The number of hydrogen-bond donors (Lipinski definition) is 2. The van der Waals surface area contributed by atoms with Crippen LogP contribution in [0.1, 0.15) is 29.0 Å². The molecule has 1 saturated heterocycles. The van der Waals surface area contributed by atoms with E-state index < -0.39 is 18.2 Å². The molecule has 3 atom stereocenters. The lowest BCUT2D eigenvalue weighted by Gasteiger charge is -2.27. The maximum absolute atomic E-state index is 13.2. The number of carboxylic acids is 1. The molecule has 2 heterocycles. The molecule has 1 fully saturated rings. The molecule has 0 saturated carbocycles. The maximum atomic E-state index is 13.2. The number of ether oxygens (including phenoxy) is 1. The predicted octanol–water partition coefficient (Wildman–Crippen LogP) is 3.50. The minimum Gasteiger partial charge on any atom is -0.480 e. The third-order valence-electron chi connectivity index (χ3n) is 5.04. The lowest BCUT2D eigenvalue weighted by molar-refractivity contribution is -0.145. The molecule has 0 aliphatic carbocycles. The minimum atomic E-state index is -1.05. The van der Waals surface area contributed by atoms with Gasteiger partial charge in [-0.1, -0.05) is 36.4 Å². The summed E-state index contributed by atoms with van der Waals surface area (Å²) in [5.41, 5.74) is 1.20. The standard InChI is InChI=1S/C23H26N2O5S2.ClH/c1-2-30-21(11-17(14-26)16-7-4-3-5-8-16)24-18-15-32-20(19-9-6-10-31-19)12-25(23(18)29)13-22(27)28;/h3-10,18,20-21,24H,2,11-13,15H2,1H3,(H,27,28);1H/t18-,20-,21-;/m0./s1. The summed E-state index contributed by atoms with van der Waals surface area (Å²) in [6.07, 6.45) is -0.348. The predicted molar refractivity (Wildman–Crippen MR) is 133 cm³/mol. The van der Waals surface area contributed by atoms with Gasteiger partial charge in [-0.05, 0) is 23.9 Å². The van der Waals surface area contributed by atoms with Crippen molar-refractivity contribution in [2.24, 2.45) is 0 Å². The highest BCUT2D eigenvalue weighted by Crippen LogP contribution is 2.35. The van der Waals surface area contributed by atoms with Crippen molar-refractivity contribution in [3.05, 3.63) is 58.3 Å². The zero-order chi connectivity index (χ0) is 22.9. The zero-order valence-electron chi connectivity index (χ0n) is 18.1.